The van der Waals surface area contributed by atoms with Gasteiger partial charge in [-0.1, -0.05) is 91.2 Å². The summed E-state index contributed by atoms with van der Waals surface area (Å²) in [5.41, 5.74) is 10.2. The summed E-state index contributed by atoms with van der Waals surface area (Å²) in [6.45, 7) is 20.6. The lowest BCUT2D eigenvalue weighted by Gasteiger charge is -2.41. The van der Waals surface area contributed by atoms with Gasteiger partial charge in [-0.25, -0.2) is 19.6 Å². The largest absolute Gasteiger partial charge is 0.477 e. The van der Waals surface area contributed by atoms with Gasteiger partial charge in [-0.2, -0.15) is 0 Å². The second-order valence-corrected chi connectivity index (χ2v) is 16.4. The van der Waals surface area contributed by atoms with Gasteiger partial charge >= 0.3 is 11.9 Å². The van der Waals surface area contributed by atoms with Gasteiger partial charge in [-0.3, -0.25) is 0 Å². The Kier molecular flexibility index (Phi) is 10.8. The van der Waals surface area contributed by atoms with E-state index in [2.05, 4.69) is 125 Å². The molecule has 2 aromatic carbocycles. The van der Waals surface area contributed by atoms with Gasteiger partial charge in [-0.05, 0) is 125 Å². The first-order valence-electron chi connectivity index (χ1n) is 18.1. The highest BCUT2D eigenvalue weighted by Crippen LogP contribution is 2.47. The quantitative estimate of drug-likeness (QED) is 0.170. The Labute approximate surface area is 309 Å². The zero-order valence-corrected chi connectivity index (χ0v) is 32.0. The summed E-state index contributed by atoms with van der Waals surface area (Å²) >= 11 is 0. The first-order valence-corrected chi connectivity index (χ1v) is 18.1. The molecule has 6 nitrogen and oxygen atoms in total. The maximum Gasteiger partial charge on any atom is 0.356 e. The Balaban J connectivity index is 0.000000202. The van der Waals surface area contributed by atoms with Crippen molar-refractivity contribution in [2.45, 2.75) is 110 Å². The Bertz CT molecular complexity index is 2100. The smallest absolute Gasteiger partial charge is 0.356 e. The number of nitrogens with zero attached hydrogens (tertiary/aromatic N) is 2. The van der Waals surface area contributed by atoms with Crippen molar-refractivity contribution in [2.24, 2.45) is 0 Å². The van der Waals surface area contributed by atoms with Gasteiger partial charge in [0.15, 0.2) is 0 Å². The van der Waals surface area contributed by atoms with E-state index in [0.29, 0.717) is 17.9 Å². The van der Waals surface area contributed by atoms with Crippen molar-refractivity contribution in [3.63, 3.8) is 0 Å². The predicted molar refractivity (Wildman–Crippen MR) is 207 cm³/mol. The zero-order valence-electron chi connectivity index (χ0n) is 32.0. The maximum absolute atomic E-state index is 11.7. The molecule has 0 amide bonds. The molecule has 2 aromatic heterocycles. The number of aromatic nitrogens is 2. The molecule has 6 heteroatoms. The fourth-order valence-corrected chi connectivity index (χ4v) is 7.01. The Hall–Kier alpha value is -5.20. The van der Waals surface area contributed by atoms with Gasteiger partial charge in [0.25, 0.3) is 0 Å². The third-order valence-electron chi connectivity index (χ3n) is 10.6. The molecule has 2 aliphatic rings. The van der Waals surface area contributed by atoms with E-state index in [4.69, 9.17) is 9.84 Å². The van der Waals surface area contributed by atoms with Crippen LogP contribution in [-0.4, -0.2) is 33.6 Å². The van der Waals surface area contributed by atoms with Crippen molar-refractivity contribution >= 4 is 11.9 Å². The number of carbonyl (C=O) groups excluding carboxylic acids is 1. The molecule has 268 valence electrons. The number of hydrogen-bond donors (Lipinski definition) is 1. The Morgan fingerprint density at radius 3 is 1.31 bits per heavy atom. The van der Waals surface area contributed by atoms with Crippen LogP contribution in [0.15, 0.2) is 73.1 Å². The van der Waals surface area contributed by atoms with Gasteiger partial charge in [-0.15, -0.1) is 0 Å². The number of carboxylic acids is 1. The van der Waals surface area contributed by atoms with E-state index >= 15 is 0 Å². The van der Waals surface area contributed by atoms with Crippen LogP contribution in [0.25, 0.3) is 0 Å². The van der Waals surface area contributed by atoms with Crippen LogP contribution in [0.3, 0.4) is 0 Å². The minimum atomic E-state index is -1.03. The Morgan fingerprint density at radius 1 is 0.577 bits per heavy atom. The highest BCUT2D eigenvalue weighted by atomic mass is 16.5. The average Bonchev–Trinajstić information content (AvgIpc) is 3.11. The first kappa shape index (κ1) is 38.0. The van der Waals surface area contributed by atoms with E-state index in [-0.39, 0.29) is 27.4 Å². The monoisotopic (exact) mass is 694 g/mol. The van der Waals surface area contributed by atoms with Gasteiger partial charge < -0.3 is 9.84 Å². The van der Waals surface area contributed by atoms with Gasteiger partial charge in [0.05, 0.1) is 6.61 Å². The van der Waals surface area contributed by atoms with Crippen LogP contribution >= 0.6 is 0 Å². The van der Waals surface area contributed by atoms with E-state index in [1.807, 2.05) is 0 Å². The third-order valence-corrected chi connectivity index (χ3v) is 10.6. The topological polar surface area (TPSA) is 89.4 Å². The van der Waals surface area contributed by atoms with E-state index in [1.165, 1.54) is 60.2 Å². The molecule has 0 atom stereocenters. The van der Waals surface area contributed by atoms with Gasteiger partial charge in [0.2, 0.25) is 0 Å². The van der Waals surface area contributed by atoms with Crippen molar-refractivity contribution in [1.82, 2.24) is 9.97 Å². The number of hydrogen-bond acceptors (Lipinski definition) is 5. The van der Waals surface area contributed by atoms with E-state index in [1.54, 1.807) is 31.3 Å². The molecular weight excluding hydrogens is 645 g/mol. The van der Waals surface area contributed by atoms with Gasteiger partial charge in [0.1, 0.15) is 11.4 Å². The van der Waals surface area contributed by atoms with Crippen LogP contribution in [0.2, 0.25) is 0 Å². The van der Waals surface area contributed by atoms with E-state index in [0.717, 1.165) is 16.7 Å². The van der Waals surface area contributed by atoms with Crippen LogP contribution in [0, 0.1) is 23.7 Å². The summed E-state index contributed by atoms with van der Waals surface area (Å²) < 4.78 is 4.95. The maximum atomic E-state index is 11.7. The summed E-state index contributed by atoms with van der Waals surface area (Å²) in [7, 11) is 0. The lowest BCUT2D eigenvalue weighted by molar-refractivity contribution is 0.0519. The summed E-state index contributed by atoms with van der Waals surface area (Å²) in [4.78, 5) is 30.6. The lowest BCUT2D eigenvalue weighted by atomic mass is 9.63. The number of rotatable bonds is 3. The normalized spacial score (nSPS) is 16.9. The molecule has 2 aliphatic carbocycles. The Morgan fingerprint density at radius 2 is 0.942 bits per heavy atom. The molecule has 0 spiro atoms. The molecule has 0 bridgehead atoms. The van der Waals surface area contributed by atoms with Crippen LogP contribution in [0.4, 0.5) is 0 Å². The minimum absolute atomic E-state index is 0.0308. The SMILES string of the molecule is CC1(C)CCC(C)(C)c2cc(C#Cc3ccc(C(=O)O)nc3)ccc21.CCOC(=O)c1ccc(C#Cc2ccc3c(c2)C(C)(C)CCC3(C)C)cn1. The van der Waals surface area contributed by atoms with Gasteiger partial charge in [0, 0.05) is 34.6 Å². The second-order valence-electron chi connectivity index (χ2n) is 16.4. The van der Waals surface area contributed by atoms with E-state index in [9.17, 15) is 9.59 Å². The number of carbonyl (C=O) groups is 2. The molecule has 0 saturated carbocycles. The fourth-order valence-electron chi connectivity index (χ4n) is 7.01. The minimum Gasteiger partial charge on any atom is -0.477 e. The molecule has 52 heavy (non-hydrogen) atoms. The van der Waals surface area contributed by atoms with Crippen LogP contribution in [0.5, 0.6) is 0 Å². The average molecular weight is 695 g/mol. The molecule has 0 aliphatic heterocycles. The summed E-state index contributed by atoms with van der Waals surface area (Å²) in [6, 6.07) is 19.7. The number of aromatic carboxylic acids is 1. The molecule has 0 fully saturated rings. The zero-order chi connectivity index (χ0) is 37.9. The highest BCUT2D eigenvalue weighted by Gasteiger charge is 2.38. The summed E-state index contributed by atoms with van der Waals surface area (Å²) in [6.07, 6.45) is 7.87. The van der Waals surface area contributed by atoms with E-state index < -0.39 is 11.9 Å². The molecule has 0 unspecified atom stereocenters. The number of ether oxygens (including phenoxy) is 1. The first-order chi connectivity index (χ1) is 24.4. The van der Waals surface area contributed by atoms with Crippen LogP contribution < -0.4 is 0 Å². The van der Waals surface area contributed by atoms with Crippen molar-refractivity contribution in [3.8, 4) is 23.7 Å². The number of benzene rings is 2. The fraction of sp³-hybridized carbons (Fsp3) is 0.391. The molecule has 4 aromatic rings. The molecule has 2 heterocycles. The van der Waals surface area contributed by atoms with Crippen molar-refractivity contribution in [1.29, 1.82) is 0 Å². The standard InChI is InChI=1S/C24H27NO2.C22H23NO2/c1-6-27-22(26)21-12-10-18(16-25-21)8-7-17-9-11-19-20(15-17)24(4,5)14-13-23(19,2)3;1-21(2)11-12-22(3,4)18-13-15(7-9-17(18)21)5-6-16-8-10-19(20(24)25)23-14-16/h9-12,15-16H,6,13-14H2,1-5H3;7-10,13-14H,11-12H2,1-4H3,(H,24,25). The molecular formula is C46H50N2O4. The number of fused-ring (bicyclic) bond motifs is 2. The molecule has 0 saturated heterocycles. The van der Waals surface area contributed by atoms with Crippen molar-refractivity contribution in [2.75, 3.05) is 6.61 Å². The van der Waals surface area contributed by atoms with Crippen LogP contribution in [0.1, 0.15) is 153 Å². The lowest BCUT2D eigenvalue weighted by Crippen LogP contribution is -2.33. The number of carboxylic acid groups (broad SMARTS) is 1. The molecule has 6 rings (SSSR count). The highest BCUT2D eigenvalue weighted by molar-refractivity contribution is 5.87. The van der Waals surface area contributed by atoms with Crippen LogP contribution in [-0.2, 0) is 26.4 Å². The third kappa shape index (κ3) is 8.63. The summed E-state index contributed by atoms with van der Waals surface area (Å²) in [5, 5.41) is 8.89. The number of pyridine rings is 2. The second kappa shape index (κ2) is 14.8. The predicted octanol–water partition coefficient (Wildman–Crippen LogP) is 9.54. The molecule has 0 radical (unpaired) electrons. The number of esters is 1. The summed E-state index contributed by atoms with van der Waals surface area (Å²) in [5.74, 6) is 11.2. The van der Waals surface area contributed by atoms with Crippen molar-refractivity contribution in [3.05, 3.63) is 129 Å². The molecule has 1 N–H and O–H groups in total. The van der Waals surface area contributed by atoms with Crippen molar-refractivity contribution < 1.29 is 19.4 Å².